The summed E-state index contributed by atoms with van der Waals surface area (Å²) in [6.45, 7) is -0.486. The quantitative estimate of drug-likeness (QED) is 0.253. The van der Waals surface area contributed by atoms with Crippen LogP contribution in [-0.4, -0.2) is 36.8 Å². The highest BCUT2D eigenvalue weighted by Crippen LogP contribution is 2.33. The molecular formula is C17H12F3N7O3S. The van der Waals surface area contributed by atoms with E-state index in [-0.39, 0.29) is 5.69 Å². The predicted octanol–water partition coefficient (Wildman–Crippen LogP) is 2.90. The van der Waals surface area contributed by atoms with E-state index in [4.69, 9.17) is 0 Å². The first-order chi connectivity index (χ1) is 14.7. The van der Waals surface area contributed by atoms with E-state index in [0.717, 1.165) is 28.7 Å². The standard InChI is InChI=1S/C17H12F3N7O3S/c18-17(19,20)14-4-7-26(25-14)10-15(28)24-23-9-11-2-3-13(12(8-11)27(29)30)31-16-21-5-1-6-22-16/h1-9H,10H2,(H,24,28)/b23-9-. The number of nitro benzene ring substituents is 1. The van der Waals surface area contributed by atoms with Gasteiger partial charge in [0.1, 0.15) is 6.54 Å². The van der Waals surface area contributed by atoms with Crippen LogP contribution in [0.15, 0.2) is 64.1 Å². The number of hydrogen-bond acceptors (Lipinski definition) is 8. The molecule has 3 aromatic rings. The van der Waals surface area contributed by atoms with Crippen LogP contribution in [0, 0.1) is 10.1 Å². The van der Waals surface area contributed by atoms with Crippen LogP contribution in [0.3, 0.4) is 0 Å². The smallest absolute Gasteiger partial charge is 0.271 e. The van der Waals surface area contributed by atoms with Crippen molar-refractivity contribution in [2.45, 2.75) is 22.8 Å². The van der Waals surface area contributed by atoms with Gasteiger partial charge >= 0.3 is 6.18 Å². The van der Waals surface area contributed by atoms with Crippen molar-refractivity contribution in [2.24, 2.45) is 5.10 Å². The van der Waals surface area contributed by atoms with Crippen molar-refractivity contribution in [2.75, 3.05) is 0 Å². The zero-order valence-electron chi connectivity index (χ0n) is 15.4. The summed E-state index contributed by atoms with van der Waals surface area (Å²) in [4.78, 5) is 30.9. The highest BCUT2D eigenvalue weighted by molar-refractivity contribution is 7.99. The largest absolute Gasteiger partial charge is 0.435 e. The third kappa shape index (κ3) is 6.08. The van der Waals surface area contributed by atoms with Gasteiger partial charge in [-0.2, -0.15) is 23.4 Å². The average Bonchev–Trinajstić information content (AvgIpc) is 3.18. The molecular weight excluding hydrogens is 439 g/mol. The summed E-state index contributed by atoms with van der Waals surface area (Å²) in [5.41, 5.74) is 1.13. The normalized spacial score (nSPS) is 11.6. The molecule has 0 fully saturated rings. The van der Waals surface area contributed by atoms with Crippen molar-refractivity contribution in [3.8, 4) is 0 Å². The molecule has 2 aromatic heterocycles. The number of benzene rings is 1. The van der Waals surface area contributed by atoms with Crippen LogP contribution in [0.25, 0.3) is 0 Å². The lowest BCUT2D eigenvalue weighted by molar-refractivity contribution is -0.387. The minimum atomic E-state index is -4.61. The lowest BCUT2D eigenvalue weighted by atomic mass is 10.2. The summed E-state index contributed by atoms with van der Waals surface area (Å²) in [6.07, 6.45) is 0.604. The summed E-state index contributed by atoms with van der Waals surface area (Å²) in [5, 5.41) is 18.6. The van der Waals surface area contributed by atoms with Crippen LogP contribution in [0.2, 0.25) is 0 Å². The molecule has 10 nitrogen and oxygen atoms in total. The van der Waals surface area contributed by atoms with Gasteiger partial charge in [0.05, 0.1) is 16.0 Å². The fourth-order valence-corrected chi connectivity index (χ4v) is 3.04. The first-order valence-corrected chi connectivity index (χ1v) is 9.20. The van der Waals surface area contributed by atoms with Crippen LogP contribution in [0.5, 0.6) is 0 Å². The molecule has 2 heterocycles. The van der Waals surface area contributed by atoms with Gasteiger partial charge in [0.25, 0.3) is 11.6 Å². The second kappa shape index (κ2) is 9.34. The topological polar surface area (TPSA) is 128 Å². The number of nitrogens with zero attached hydrogens (tertiary/aromatic N) is 6. The molecule has 31 heavy (non-hydrogen) atoms. The van der Waals surface area contributed by atoms with E-state index in [0.29, 0.717) is 15.6 Å². The Kier molecular flexibility index (Phi) is 6.59. The number of alkyl halides is 3. The third-order valence-electron chi connectivity index (χ3n) is 3.56. The van der Waals surface area contributed by atoms with Gasteiger partial charge in [-0.15, -0.1) is 0 Å². The summed E-state index contributed by atoms with van der Waals surface area (Å²) in [7, 11) is 0. The monoisotopic (exact) mass is 451 g/mol. The molecule has 1 N–H and O–H groups in total. The third-order valence-corrected chi connectivity index (χ3v) is 4.52. The van der Waals surface area contributed by atoms with Gasteiger partial charge in [-0.05, 0) is 30.0 Å². The number of carbonyl (C=O) groups excluding carboxylic acids is 1. The second-order valence-electron chi connectivity index (χ2n) is 5.81. The van der Waals surface area contributed by atoms with Gasteiger partial charge in [0, 0.05) is 30.2 Å². The molecule has 1 aromatic carbocycles. The number of nitro groups is 1. The lowest BCUT2D eigenvalue weighted by Crippen LogP contribution is -2.23. The second-order valence-corrected chi connectivity index (χ2v) is 6.82. The molecule has 0 aliphatic carbocycles. The fraction of sp³-hybridized carbons (Fsp3) is 0.118. The maximum Gasteiger partial charge on any atom is 0.435 e. The van der Waals surface area contributed by atoms with E-state index in [1.54, 1.807) is 6.07 Å². The van der Waals surface area contributed by atoms with E-state index in [1.165, 1.54) is 36.8 Å². The van der Waals surface area contributed by atoms with Crippen molar-refractivity contribution in [3.63, 3.8) is 0 Å². The van der Waals surface area contributed by atoms with Crippen LogP contribution in [-0.2, 0) is 17.5 Å². The van der Waals surface area contributed by atoms with Gasteiger partial charge < -0.3 is 0 Å². The SMILES string of the molecule is O=C(Cn1ccc(C(F)(F)F)n1)N/N=C\c1ccc(Sc2ncccn2)c([N+](=O)[O-])c1. The summed E-state index contributed by atoms with van der Waals surface area (Å²) in [5.74, 6) is -0.726. The molecule has 0 radical (unpaired) electrons. The minimum absolute atomic E-state index is 0.205. The number of halogens is 3. The molecule has 160 valence electrons. The van der Waals surface area contributed by atoms with Gasteiger partial charge in [-0.1, -0.05) is 6.07 Å². The van der Waals surface area contributed by atoms with E-state index in [9.17, 15) is 28.1 Å². The highest BCUT2D eigenvalue weighted by Gasteiger charge is 2.33. The first kappa shape index (κ1) is 21.9. The summed E-state index contributed by atoms with van der Waals surface area (Å²) >= 11 is 1.02. The van der Waals surface area contributed by atoms with Crippen molar-refractivity contribution in [1.82, 2.24) is 25.2 Å². The Hall–Kier alpha value is -3.81. The van der Waals surface area contributed by atoms with Gasteiger partial charge in [-0.25, -0.2) is 15.4 Å². The van der Waals surface area contributed by atoms with Crippen LogP contribution >= 0.6 is 11.8 Å². The molecule has 3 rings (SSSR count). The predicted molar refractivity (Wildman–Crippen MR) is 102 cm³/mol. The Bertz CT molecular complexity index is 1120. The van der Waals surface area contributed by atoms with Crippen LogP contribution < -0.4 is 5.43 Å². The fourth-order valence-electron chi connectivity index (χ4n) is 2.24. The molecule has 0 bridgehead atoms. The van der Waals surface area contributed by atoms with E-state index >= 15 is 0 Å². The van der Waals surface area contributed by atoms with Gasteiger partial charge in [0.15, 0.2) is 10.9 Å². The number of hydrogen-bond donors (Lipinski definition) is 1. The maximum absolute atomic E-state index is 12.5. The Morgan fingerprint density at radius 1 is 1.29 bits per heavy atom. The number of carbonyl (C=O) groups is 1. The number of rotatable bonds is 7. The summed E-state index contributed by atoms with van der Waals surface area (Å²) in [6, 6.07) is 6.65. The molecule has 0 aliphatic heterocycles. The number of amides is 1. The Morgan fingerprint density at radius 2 is 2.03 bits per heavy atom. The van der Waals surface area contributed by atoms with Crippen LogP contribution in [0.1, 0.15) is 11.3 Å². The first-order valence-electron chi connectivity index (χ1n) is 8.38. The average molecular weight is 451 g/mol. The number of nitrogens with one attached hydrogen (secondary N) is 1. The van der Waals surface area contributed by atoms with Crippen molar-refractivity contribution < 1.29 is 22.9 Å². The maximum atomic E-state index is 12.5. The van der Waals surface area contributed by atoms with Gasteiger partial charge in [0.2, 0.25) is 0 Å². The van der Waals surface area contributed by atoms with Crippen molar-refractivity contribution in [3.05, 3.63) is 70.3 Å². The number of aromatic nitrogens is 4. The molecule has 14 heteroatoms. The Morgan fingerprint density at radius 3 is 2.68 bits per heavy atom. The highest BCUT2D eigenvalue weighted by atomic mass is 32.2. The van der Waals surface area contributed by atoms with Crippen molar-refractivity contribution in [1.29, 1.82) is 0 Å². The molecule has 0 aliphatic rings. The van der Waals surface area contributed by atoms with Crippen molar-refractivity contribution >= 4 is 29.6 Å². The molecule has 0 saturated heterocycles. The molecule has 0 unspecified atom stereocenters. The molecule has 1 amide bonds. The summed E-state index contributed by atoms with van der Waals surface area (Å²) < 4.78 is 38.4. The van der Waals surface area contributed by atoms with Gasteiger partial charge in [-0.3, -0.25) is 19.6 Å². The number of hydrazone groups is 1. The minimum Gasteiger partial charge on any atom is -0.271 e. The molecule has 0 saturated carbocycles. The van der Waals surface area contributed by atoms with Crippen LogP contribution in [0.4, 0.5) is 18.9 Å². The van der Waals surface area contributed by atoms with E-state index in [1.807, 2.05) is 0 Å². The molecule has 0 atom stereocenters. The van der Waals surface area contributed by atoms with E-state index in [2.05, 4.69) is 25.6 Å². The Balaban J connectivity index is 1.63. The zero-order valence-corrected chi connectivity index (χ0v) is 16.2. The van der Waals surface area contributed by atoms with E-state index < -0.39 is 29.2 Å². The lowest BCUT2D eigenvalue weighted by Gasteiger charge is -2.03. The molecule has 0 spiro atoms. The Labute approximate surface area is 176 Å². The zero-order chi connectivity index (χ0) is 22.4.